The van der Waals surface area contributed by atoms with Crippen molar-refractivity contribution in [2.75, 3.05) is 24.5 Å². The van der Waals surface area contributed by atoms with Crippen LogP contribution in [0.2, 0.25) is 0 Å². The number of nitrogens with one attached hydrogen (secondary N) is 1. The highest BCUT2D eigenvalue weighted by molar-refractivity contribution is 5.81. The molecule has 1 aliphatic rings. The fourth-order valence-corrected chi connectivity index (χ4v) is 3.44. The Hall–Kier alpha value is -3.22. The van der Waals surface area contributed by atoms with E-state index in [1.165, 1.54) is 5.56 Å². The molecule has 1 N–H and O–H groups in total. The minimum Gasteiger partial charge on any atom is -0.355 e. The Balaban J connectivity index is 1.31. The van der Waals surface area contributed by atoms with Gasteiger partial charge in [-0.3, -0.25) is 4.79 Å². The molecule has 7 heteroatoms. The molecule has 1 amide bonds. The summed E-state index contributed by atoms with van der Waals surface area (Å²) in [7, 11) is 0. The molecule has 28 heavy (non-hydrogen) atoms. The molecule has 1 saturated heterocycles. The predicted molar refractivity (Wildman–Crippen MR) is 107 cm³/mol. The number of anilines is 1. The monoisotopic (exact) mass is 376 g/mol. The number of aryl methyl sites for hydroxylation is 2. The highest BCUT2D eigenvalue weighted by atomic mass is 16.2. The van der Waals surface area contributed by atoms with E-state index in [9.17, 15) is 4.79 Å². The Morgan fingerprint density at radius 3 is 2.57 bits per heavy atom. The van der Waals surface area contributed by atoms with Gasteiger partial charge in [0.25, 0.3) is 0 Å². The minimum absolute atomic E-state index is 0.00266. The maximum Gasteiger partial charge on any atom is 0.226 e. The van der Waals surface area contributed by atoms with E-state index in [-0.39, 0.29) is 11.8 Å². The van der Waals surface area contributed by atoms with Gasteiger partial charge in [-0.15, -0.1) is 0 Å². The van der Waals surface area contributed by atoms with Crippen LogP contribution in [0, 0.1) is 19.8 Å². The van der Waals surface area contributed by atoms with Crippen LogP contribution in [-0.4, -0.2) is 45.3 Å². The van der Waals surface area contributed by atoms with Crippen molar-refractivity contribution in [3.8, 4) is 5.82 Å². The molecule has 1 aromatic carbocycles. The summed E-state index contributed by atoms with van der Waals surface area (Å²) in [4.78, 5) is 23.1. The second-order valence-electron chi connectivity index (χ2n) is 7.20. The first-order valence-electron chi connectivity index (χ1n) is 9.52. The number of benzene rings is 1. The number of aromatic nitrogens is 4. The smallest absolute Gasteiger partial charge is 0.226 e. The number of nitrogens with zero attached hydrogens (tertiary/aromatic N) is 5. The first-order valence-corrected chi connectivity index (χ1v) is 9.52. The summed E-state index contributed by atoms with van der Waals surface area (Å²) < 4.78 is 1.81. The van der Waals surface area contributed by atoms with E-state index in [4.69, 9.17) is 0 Å². The van der Waals surface area contributed by atoms with Crippen LogP contribution in [-0.2, 0) is 11.2 Å². The van der Waals surface area contributed by atoms with Gasteiger partial charge in [-0.05, 0) is 31.9 Å². The average molecular weight is 376 g/mol. The summed E-state index contributed by atoms with van der Waals surface area (Å²) in [6.45, 7) is 5.97. The summed E-state index contributed by atoms with van der Waals surface area (Å²) in [5.41, 5.74) is 3.21. The second-order valence-corrected chi connectivity index (χ2v) is 7.20. The van der Waals surface area contributed by atoms with Crippen LogP contribution >= 0.6 is 0 Å². The van der Waals surface area contributed by atoms with Crippen LogP contribution in [0.5, 0.6) is 0 Å². The van der Waals surface area contributed by atoms with Gasteiger partial charge >= 0.3 is 0 Å². The van der Waals surface area contributed by atoms with E-state index < -0.39 is 0 Å². The fourth-order valence-electron chi connectivity index (χ4n) is 3.44. The zero-order valence-electron chi connectivity index (χ0n) is 16.2. The first kappa shape index (κ1) is 18.2. The number of rotatable bonds is 6. The molecule has 3 aromatic rings. The van der Waals surface area contributed by atoms with Crippen LogP contribution in [0.25, 0.3) is 5.82 Å². The maximum absolute atomic E-state index is 12.3. The lowest BCUT2D eigenvalue weighted by Crippen LogP contribution is -2.54. The molecular weight excluding hydrogens is 352 g/mol. The Kier molecular flexibility index (Phi) is 5.06. The van der Waals surface area contributed by atoms with Crippen LogP contribution in [0.4, 0.5) is 5.82 Å². The SMILES string of the molecule is Cc1cc(C)n(-c2cc(N3CC(C(=O)NCCc4ccccc4)C3)ncn2)n1. The molecule has 0 bridgehead atoms. The van der Waals surface area contributed by atoms with Gasteiger partial charge in [0.1, 0.15) is 12.1 Å². The van der Waals surface area contributed by atoms with Crippen LogP contribution in [0.1, 0.15) is 17.0 Å². The van der Waals surface area contributed by atoms with Crippen LogP contribution < -0.4 is 10.2 Å². The molecular formula is C21H24N6O. The van der Waals surface area contributed by atoms with Crippen LogP contribution in [0.15, 0.2) is 48.8 Å². The van der Waals surface area contributed by atoms with E-state index in [1.54, 1.807) is 6.33 Å². The van der Waals surface area contributed by atoms with E-state index in [2.05, 4.69) is 37.4 Å². The normalized spacial score (nSPS) is 14.0. The largest absolute Gasteiger partial charge is 0.355 e. The summed E-state index contributed by atoms with van der Waals surface area (Å²) in [6.07, 6.45) is 2.40. The van der Waals surface area contributed by atoms with Gasteiger partial charge < -0.3 is 10.2 Å². The van der Waals surface area contributed by atoms with Crippen molar-refractivity contribution >= 4 is 11.7 Å². The lowest BCUT2D eigenvalue weighted by atomic mass is 9.99. The number of carbonyl (C=O) groups is 1. The Morgan fingerprint density at radius 1 is 1.11 bits per heavy atom. The van der Waals surface area contributed by atoms with Gasteiger partial charge in [0.2, 0.25) is 5.91 Å². The average Bonchev–Trinajstić information content (AvgIpc) is 3.00. The molecule has 3 heterocycles. The van der Waals surface area contributed by atoms with Gasteiger partial charge in [0.15, 0.2) is 5.82 Å². The topological polar surface area (TPSA) is 75.9 Å². The molecule has 1 aliphatic heterocycles. The van der Waals surface area contributed by atoms with Gasteiger partial charge in [0, 0.05) is 31.4 Å². The number of amides is 1. The quantitative estimate of drug-likeness (QED) is 0.713. The molecule has 0 unspecified atom stereocenters. The van der Waals surface area contributed by atoms with Crippen molar-refractivity contribution < 1.29 is 4.79 Å². The van der Waals surface area contributed by atoms with Gasteiger partial charge in [-0.2, -0.15) is 5.10 Å². The number of hydrogen-bond donors (Lipinski definition) is 1. The molecule has 7 nitrogen and oxygen atoms in total. The predicted octanol–water partition coefficient (Wildman–Crippen LogP) is 2.07. The lowest BCUT2D eigenvalue weighted by molar-refractivity contribution is -0.125. The third-order valence-electron chi connectivity index (χ3n) is 5.00. The highest BCUT2D eigenvalue weighted by Crippen LogP contribution is 2.24. The molecule has 1 fully saturated rings. The molecule has 0 atom stereocenters. The second kappa shape index (κ2) is 7.80. The summed E-state index contributed by atoms with van der Waals surface area (Å²) >= 11 is 0. The maximum atomic E-state index is 12.3. The number of carbonyl (C=O) groups excluding carboxylic acids is 1. The van der Waals surface area contributed by atoms with E-state index in [1.807, 2.05) is 48.9 Å². The Labute approximate surface area is 164 Å². The van der Waals surface area contributed by atoms with Crippen molar-refractivity contribution in [3.63, 3.8) is 0 Å². The molecule has 0 aliphatic carbocycles. The zero-order valence-corrected chi connectivity index (χ0v) is 16.2. The van der Waals surface area contributed by atoms with Crippen molar-refractivity contribution in [2.45, 2.75) is 20.3 Å². The van der Waals surface area contributed by atoms with E-state index in [0.29, 0.717) is 19.6 Å². The first-order chi connectivity index (χ1) is 13.6. The van der Waals surface area contributed by atoms with E-state index >= 15 is 0 Å². The third-order valence-corrected chi connectivity index (χ3v) is 5.00. The van der Waals surface area contributed by atoms with Gasteiger partial charge in [-0.25, -0.2) is 14.6 Å². The molecule has 2 aromatic heterocycles. The molecule has 4 rings (SSSR count). The molecule has 0 saturated carbocycles. The molecule has 0 spiro atoms. The lowest BCUT2D eigenvalue weighted by Gasteiger charge is -2.39. The zero-order chi connectivity index (χ0) is 19.5. The fraction of sp³-hybridized carbons (Fsp3) is 0.333. The Morgan fingerprint density at radius 2 is 1.86 bits per heavy atom. The Bertz CT molecular complexity index is 962. The summed E-state index contributed by atoms with van der Waals surface area (Å²) in [6, 6.07) is 14.1. The molecule has 0 radical (unpaired) electrons. The van der Waals surface area contributed by atoms with Gasteiger partial charge in [0.05, 0.1) is 11.6 Å². The van der Waals surface area contributed by atoms with Gasteiger partial charge in [-0.1, -0.05) is 30.3 Å². The summed E-state index contributed by atoms with van der Waals surface area (Å²) in [5, 5.41) is 7.51. The van der Waals surface area contributed by atoms with Crippen molar-refractivity contribution in [1.29, 1.82) is 0 Å². The van der Waals surface area contributed by atoms with E-state index in [0.717, 1.165) is 29.4 Å². The number of hydrogen-bond acceptors (Lipinski definition) is 5. The third kappa shape index (κ3) is 3.88. The highest BCUT2D eigenvalue weighted by Gasteiger charge is 2.33. The minimum atomic E-state index is 0.00266. The van der Waals surface area contributed by atoms with Crippen molar-refractivity contribution in [3.05, 3.63) is 65.7 Å². The summed E-state index contributed by atoms with van der Waals surface area (Å²) in [5.74, 6) is 1.68. The standard InChI is InChI=1S/C21H24N6O/c1-15-10-16(2)27(25-15)20-11-19(23-14-24-20)26-12-18(13-26)21(28)22-9-8-17-6-4-3-5-7-17/h3-7,10-11,14,18H,8-9,12-13H2,1-2H3,(H,22,28). The van der Waals surface area contributed by atoms with Crippen molar-refractivity contribution in [1.82, 2.24) is 25.1 Å². The van der Waals surface area contributed by atoms with Crippen LogP contribution in [0.3, 0.4) is 0 Å². The molecule has 144 valence electrons. The van der Waals surface area contributed by atoms with Crippen molar-refractivity contribution in [2.24, 2.45) is 5.92 Å².